The second-order valence-electron chi connectivity index (χ2n) is 4.70. The Balaban J connectivity index is 2.20. The van der Waals surface area contributed by atoms with Gasteiger partial charge in [0.15, 0.2) is 0 Å². The smallest absolute Gasteiger partial charge is 0.328 e. The lowest BCUT2D eigenvalue weighted by Crippen LogP contribution is -2.37. The molecule has 118 valence electrons. The minimum Gasteiger partial charge on any atom is -0.338 e. The van der Waals surface area contributed by atoms with Crippen molar-refractivity contribution in [2.45, 2.75) is 32.7 Å². The summed E-state index contributed by atoms with van der Waals surface area (Å²) in [6.45, 7) is 3.24. The van der Waals surface area contributed by atoms with Crippen LogP contribution in [0.2, 0.25) is 0 Å². The van der Waals surface area contributed by atoms with E-state index in [1.54, 1.807) is 13.1 Å². The number of unbranched alkanes of at least 4 members (excludes halogenated alkanes) is 2. The highest BCUT2D eigenvalue weighted by Crippen LogP contribution is 1.97. The Morgan fingerprint density at radius 3 is 2.67 bits per heavy atom. The maximum absolute atomic E-state index is 11.5. The third-order valence-electron chi connectivity index (χ3n) is 2.93. The highest BCUT2D eigenvalue weighted by Gasteiger charge is 2.01. The van der Waals surface area contributed by atoms with Gasteiger partial charge in [-0.1, -0.05) is 0 Å². The highest BCUT2D eigenvalue weighted by molar-refractivity contribution is 6.18. The lowest BCUT2D eigenvalue weighted by atomic mass is 10.2. The molecule has 0 radical (unpaired) electrons. The van der Waals surface area contributed by atoms with Crippen molar-refractivity contribution in [3.05, 3.63) is 32.6 Å². The SMILES string of the molecule is Cc1cn(CCCCCNC(=O)NCCCl)c(=O)[nH]c1=O. The van der Waals surface area contributed by atoms with Crippen molar-refractivity contribution in [3.8, 4) is 0 Å². The van der Waals surface area contributed by atoms with Gasteiger partial charge in [0, 0.05) is 37.3 Å². The van der Waals surface area contributed by atoms with Gasteiger partial charge in [0.2, 0.25) is 0 Å². The Morgan fingerprint density at radius 1 is 1.24 bits per heavy atom. The Morgan fingerprint density at radius 2 is 1.95 bits per heavy atom. The Kier molecular flexibility index (Phi) is 7.60. The molecule has 1 heterocycles. The summed E-state index contributed by atoms with van der Waals surface area (Å²) in [7, 11) is 0. The lowest BCUT2D eigenvalue weighted by Gasteiger charge is -2.07. The molecule has 0 saturated carbocycles. The Bertz CT molecular complexity index is 567. The number of halogens is 1. The monoisotopic (exact) mass is 316 g/mol. The third kappa shape index (κ3) is 6.48. The molecule has 0 aromatic carbocycles. The molecule has 7 nitrogen and oxygen atoms in total. The maximum atomic E-state index is 11.5. The molecule has 3 N–H and O–H groups in total. The number of H-pyrrole nitrogens is 1. The van der Waals surface area contributed by atoms with E-state index in [4.69, 9.17) is 11.6 Å². The quantitative estimate of drug-likeness (QED) is 0.483. The number of alkyl halides is 1. The first-order valence-corrected chi connectivity index (χ1v) is 7.46. The molecule has 21 heavy (non-hydrogen) atoms. The third-order valence-corrected chi connectivity index (χ3v) is 3.12. The molecule has 0 spiro atoms. The summed E-state index contributed by atoms with van der Waals surface area (Å²) in [4.78, 5) is 36.2. The summed E-state index contributed by atoms with van der Waals surface area (Å²) in [6.07, 6.45) is 4.07. The van der Waals surface area contributed by atoms with Crippen LogP contribution in [0.25, 0.3) is 0 Å². The van der Waals surface area contributed by atoms with Gasteiger partial charge in [0.05, 0.1) is 0 Å². The summed E-state index contributed by atoms with van der Waals surface area (Å²) in [5, 5.41) is 5.33. The zero-order valence-corrected chi connectivity index (χ0v) is 12.8. The van der Waals surface area contributed by atoms with Crippen LogP contribution >= 0.6 is 11.6 Å². The van der Waals surface area contributed by atoms with Gasteiger partial charge in [0.1, 0.15) is 0 Å². The number of rotatable bonds is 8. The van der Waals surface area contributed by atoms with Crippen LogP contribution in [0, 0.1) is 6.92 Å². The number of hydrogen-bond acceptors (Lipinski definition) is 3. The molecule has 0 aliphatic carbocycles. The van der Waals surface area contributed by atoms with E-state index >= 15 is 0 Å². The van der Waals surface area contributed by atoms with Gasteiger partial charge in [-0.3, -0.25) is 9.78 Å². The van der Waals surface area contributed by atoms with Gasteiger partial charge in [-0.2, -0.15) is 0 Å². The van der Waals surface area contributed by atoms with Crippen molar-refractivity contribution in [1.29, 1.82) is 0 Å². The van der Waals surface area contributed by atoms with Crippen LogP contribution in [0.3, 0.4) is 0 Å². The number of aryl methyl sites for hydroxylation is 2. The molecule has 0 bridgehead atoms. The molecule has 2 amide bonds. The largest absolute Gasteiger partial charge is 0.338 e. The Hall–Kier alpha value is -1.76. The van der Waals surface area contributed by atoms with Crippen molar-refractivity contribution < 1.29 is 4.79 Å². The summed E-state index contributed by atoms with van der Waals surface area (Å²) in [5.41, 5.74) is -0.209. The van der Waals surface area contributed by atoms with Gasteiger partial charge in [-0.25, -0.2) is 9.59 Å². The molecule has 0 atom stereocenters. The molecule has 1 aromatic rings. The molecule has 0 saturated heterocycles. The summed E-state index contributed by atoms with van der Waals surface area (Å²) < 4.78 is 1.50. The lowest BCUT2D eigenvalue weighted by molar-refractivity contribution is 0.241. The van der Waals surface area contributed by atoms with Crippen molar-refractivity contribution in [2.75, 3.05) is 19.0 Å². The fourth-order valence-electron chi connectivity index (χ4n) is 1.79. The molecule has 0 fully saturated rings. The second kappa shape index (κ2) is 9.23. The number of nitrogens with one attached hydrogen (secondary N) is 3. The molecule has 1 rings (SSSR count). The van der Waals surface area contributed by atoms with Crippen molar-refractivity contribution in [3.63, 3.8) is 0 Å². The van der Waals surface area contributed by atoms with Gasteiger partial charge < -0.3 is 15.2 Å². The predicted molar refractivity (Wildman–Crippen MR) is 82.0 cm³/mol. The minimum atomic E-state index is -0.385. The summed E-state index contributed by atoms with van der Waals surface area (Å²) >= 11 is 5.45. The fourth-order valence-corrected chi connectivity index (χ4v) is 1.89. The summed E-state index contributed by atoms with van der Waals surface area (Å²) in [6, 6.07) is -0.219. The standard InChI is InChI=1S/C13H21ClN4O3/c1-10-9-18(13(21)17-11(10)19)8-4-2-3-6-15-12(20)16-7-5-14/h9H,2-8H2,1H3,(H2,15,16,20)(H,17,19,21). The zero-order chi connectivity index (χ0) is 15.7. The van der Waals surface area contributed by atoms with Crippen LogP contribution in [0.1, 0.15) is 24.8 Å². The van der Waals surface area contributed by atoms with Gasteiger partial charge >= 0.3 is 11.7 Å². The first-order chi connectivity index (χ1) is 10.0. The average Bonchev–Trinajstić information content (AvgIpc) is 2.45. The Labute approximate surface area is 127 Å². The number of aromatic amines is 1. The number of aromatic nitrogens is 2. The number of amides is 2. The molecule has 1 aromatic heterocycles. The molecule has 0 unspecified atom stereocenters. The van der Waals surface area contributed by atoms with E-state index in [-0.39, 0.29) is 17.3 Å². The van der Waals surface area contributed by atoms with Crippen LogP contribution in [-0.4, -0.2) is 34.6 Å². The van der Waals surface area contributed by atoms with Crippen molar-refractivity contribution in [1.82, 2.24) is 20.2 Å². The summed E-state index contributed by atoms with van der Waals surface area (Å²) in [5.74, 6) is 0.390. The van der Waals surface area contributed by atoms with Crippen LogP contribution in [-0.2, 0) is 6.54 Å². The zero-order valence-electron chi connectivity index (χ0n) is 12.1. The molecule has 0 aliphatic rings. The van der Waals surface area contributed by atoms with Crippen molar-refractivity contribution in [2.24, 2.45) is 0 Å². The van der Waals surface area contributed by atoms with E-state index < -0.39 is 0 Å². The highest BCUT2D eigenvalue weighted by atomic mass is 35.5. The number of urea groups is 1. The van der Waals surface area contributed by atoms with Crippen LogP contribution in [0.15, 0.2) is 15.8 Å². The van der Waals surface area contributed by atoms with E-state index in [1.165, 1.54) is 4.57 Å². The predicted octanol–water partition coefficient (Wildman–Crippen LogP) is 0.553. The van der Waals surface area contributed by atoms with Crippen LogP contribution in [0.4, 0.5) is 4.79 Å². The number of carbonyl (C=O) groups is 1. The number of carbonyl (C=O) groups excluding carboxylic acids is 1. The van der Waals surface area contributed by atoms with E-state index in [1.807, 2.05) is 0 Å². The van der Waals surface area contributed by atoms with Crippen LogP contribution in [0.5, 0.6) is 0 Å². The van der Waals surface area contributed by atoms with E-state index in [9.17, 15) is 14.4 Å². The van der Waals surface area contributed by atoms with Crippen molar-refractivity contribution >= 4 is 17.6 Å². The van der Waals surface area contributed by atoms with E-state index in [0.29, 0.717) is 31.1 Å². The average molecular weight is 317 g/mol. The molecular formula is C13H21ClN4O3. The second-order valence-corrected chi connectivity index (χ2v) is 5.08. The number of hydrogen-bond donors (Lipinski definition) is 3. The minimum absolute atomic E-state index is 0.219. The van der Waals surface area contributed by atoms with Crippen LogP contribution < -0.4 is 21.9 Å². The molecular weight excluding hydrogens is 296 g/mol. The van der Waals surface area contributed by atoms with E-state index in [2.05, 4.69) is 15.6 Å². The first kappa shape index (κ1) is 17.3. The van der Waals surface area contributed by atoms with Gasteiger partial charge in [-0.05, 0) is 26.2 Å². The fraction of sp³-hybridized carbons (Fsp3) is 0.615. The molecule has 0 aliphatic heterocycles. The topological polar surface area (TPSA) is 96.0 Å². The van der Waals surface area contributed by atoms with Gasteiger partial charge in [-0.15, -0.1) is 11.6 Å². The van der Waals surface area contributed by atoms with E-state index in [0.717, 1.165) is 19.3 Å². The van der Waals surface area contributed by atoms with Gasteiger partial charge in [0.25, 0.3) is 5.56 Å². The normalized spacial score (nSPS) is 10.4. The number of nitrogens with zero attached hydrogens (tertiary/aromatic N) is 1. The molecule has 8 heteroatoms. The maximum Gasteiger partial charge on any atom is 0.328 e. The first-order valence-electron chi connectivity index (χ1n) is 6.92.